The van der Waals surface area contributed by atoms with Crippen LogP contribution in [0, 0.1) is 12.8 Å². The van der Waals surface area contributed by atoms with Crippen LogP contribution in [0.1, 0.15) is 42.2 Å². The highest BCUT2D eigenvalue weighted by Gasteiger charge is 2.39. The second-order valence-electron chi connectivity index (χ2n) is 9.13. The standard InChI is InChI=1S/C32H23NO5S/c1-21-16-18-24(19-17-21)39(37,38)33-28-20-27(32(36)26-15-9-8-14-25(26)28)29(30(34)22-10-4-2-5-11-22)31(35)23-12-6-3-7-13-23/h2-20,29H,1H3. The van der Waals surface area contributed by atoms with Crippen LogP contribution in [-0.4, -0.2) is 31.5 Å². The van der Waals surface area contributed by atoms with Crippen molar-refractivity contribution in [3.63, 3.8) is 0 Å². The maximum absolute atomic E-state index is 13.8. The van der Waals surface area contributed by atoms with Crippen molar-refractivity contribution in [3.8, 4) is 0 Å². The van der Waals surface area contributed by atoms with Crippen molar-refractivity contribution in [1.82, 2.24) is 0 Å². The number of nitrogens with zero attached hydrogens (tertiary/aromatic N) is 1. The van der Waals surface area contributed by atoms with E-state index in [0.717, 1.165) is 5.56 Å². The van der Waals surface area contributed by atoms with Crippen molar-refractivity contribution < 1.29 is 22.8 Å². The Hall–Kier alpha value is -4.75. The van der Waals surface area contributed by atoms with E-state index in [1.807, 2.05) is 6.92 Å². The smallest absolute Gasteiger partial charge is 0.282 e. The van der Waals surface area contributed by atoms with Crippen molar-refractivity contribution >= 4 is 33.1 Å². The van der Waals surface area contributed by atoms with Gasteiger partial charge in [-0.15, -0.1) is 0 Å². The van der Waals surface area contributed by atoms with E-state index in [-0.39, 0.29) is 32.9 Å². The molecule has 0 heterocycles. The number of aryl methyl sites for hydroxylation is 1. The van der Waals surface area contributed by atoms with Gasteiger partial charge in [-0.2, -0.15) is 12.8 Å². The van der Waals surface area contributed by atoms with Gasteiger partial charge in [0.2, 0.25) is 0 Å². The van der Waals surface area contributed by atoms with Gasteiger partial charge >= 0.3 is 0 Å². The minimum absolute atomic E-state index is 0.0118. The minimum Gasteiger partial charge on any atom is -0.293 e. The molecule has 0 radical (unpaired) electrons. The average Bonchev–Trinajstić information content (AvgIpc) is 2.96. The summed E-state index contributed by atoms with van der Waals surface area (Å²) < 4.78 is 30.6. The van der Waals surface area contributed by atoms with Crippen LogP contribution < -0.4 is 0 Å². The molecule has 0 unspecified atom stereocenters. The molecule has 0 saturated heterocycles. The SMILES string of the molecule is Cc1ccc(S(=O)(=O)N=C2C=C(C(C(=O)c3ccccc3)C(=O)c3ccccc3)C(=O)c3ccccc32)cc1. The number of hydrogen-bond donors (Lipinski definition) is 0. The van der Waals surface area contributed by atoms with E-state index < -0.39 is 33.3 Å². The Morgan fingerprint density at radius 2 is 1.15 bits per heavy atom. The lowest BCUT2D eigenvalue weighted by Crippen LogP contribution is -2.33. The van der Waals surface area contributed by atoms with Crippen LogP contribution in [0.2, 0.25) is 0 Å². The third-order valence-electron chi connectivity index (χ3n) is 6.49. The summed E-state index contributed by atoms with van der Waals surface area (Å²) in [6.45, 7) is 1.84. The molecule has 4 aromatic carbocycles. The lowest BCUT2D eigenvalue weighted by Gasteiger charge is -2.23. The van der Waals surface area contributed by atoms with Crippen LogP contribution in [0.25, 0.3) is 0 Å². The normalized spacial score (nSPS) is 14.2. The van der Waals surface area contributed by atoms with Gasteiger partial charge in [0.25, 0.3) is 10.0 Å². The van der Waals surface area contributed by atoms with Gasteiger partial charge in [-0.05, 0) is 25.1 Å². The number of benzene rings is 4. The largest absolute Gasteiger partial charge is 0.293 e. The number of Topliss-reactive ketones (excluding diaryl/α,β-unsaturated/α-hetero) is 3. The van der Waals surface area contributed by atoms with E-state index in [4.69, 9.17) is 0 Å². The highest BCUT2D eigenvalue weighted by atomic mass is 32.2. The molecule has 0 spiro atoms. The minimum atomic E-state index is -4.17. The van der Waals surface area contributed by atoms with E-state index >= 15 is 0 Å². The summed E-state index contributed by atoms with van der Waals surface area (Å²) in [6, 6.07) is 29.2. The summed E-state index contributed by atoms with van der Waals surface area (Å²) in [5.74, 6) is -3.16. The summed E-state index contributed by atoms with van der Waals surface area (Å²) in [7, 11) is -4.17. The zero-order chi connectivity index (χ0) is 27.6. The lowest BCUT2D eigenvalue weighted by molar-refractivity contribution is 0.0810. The second kappa shape index (κ2) is 10.6. The molecular weight excluding hydrogens is 510 g/mol. The Morgan fingerprint density at radius 1 is 0.667 bits per heavy atom. The molecule has 0 aromatic heterocycles. The topological polar surface area (TPSA) is 97.7 Å². The summed E-state index contributed by atoms with van der Waals surface area (Å²) in [5.41, 5.74) is 1.72. The monoisotopic (exact) mass is 533 g/mol. The van der Waals surface area contributed by atoms with Crippen LogP contribution in [0.15, 0.2) is 130 Å². The lowest BCUT2D eigenvalue weighted by atomic mass is 9.77. The first-order valence-electron chi connectivity index (χ1n) is 12.2. The molecule has 192 valence electrons. The Kier molecular flexibility index (Phi) is 7.00. The summed E-state index contributed by atoms with van der Waals surface area (Å²) >= 11 is 0. The molecule has 0 amide bonds. The zero-order valence-corrected chi connectivity index (χ0v) is 21.8. The summed E-state index contributed by atoms with van der Waals surface area (Å²) in [4.78, 5) is 41.3. The van der Waals surface area contributed by atoms with Crippen LogP contribution in [-0.2, 0) is 10.0 Å². The van der Waals surface area contributed by atoms with E-state index in [1.165, 1.54) is 24.3 Å². The molecule has 0 atom stereocenters. The molecular formula is C32H23NO5S. The Morgan fingerprint density at radius 3 is 1.69 bits per heavy atom. The molecule has 5 rings (SSSR count). The third kappa shape index (κ3) is 5.17. The maximum atomic E-state index is 13.8. The molecule has 6 nitrogen and oxygen atoms in total. The number of hydrogen-bond acceptors (Lipinski definition) is 5. The first-order chi connectivity index (χ1) is 18.8. The van der Waals surface area contributed by atoms with E-state index in [1.54, 1.807) is 91.0 Å². The van der Waals surface area contributed by atoms with Crippen molar-refractivity contribution in [3.05, 3.63) is 149 Å². The predicted octanol–water partition coefficient (Wildman–Crippen LogP) is 5.68. The first kappa shape index (κ1) is 25.9. The highest BCUT2D eigenvalue weighted by molar-refractivity contribution is 7.90. The molecule has 39 heavy (non-hydrogen) atoms. The van der Waals surface area contributed by atoms with Crippen LogP contribution >= 0.6 is 0 Å². The van der Waals surface area contributed by atoms with Gasteiger partial charge in [0.15, 0.2) is 17.3 Å². The van der Waals surface area contributed by atoms with Crippen LogP contribution in [0.5, 0.6) is 0 Å². The summed E-state index contributed by atoms with van der Waals surface area (Å²) in [6.07, 6.45) is 1.27. The number of allylic oxidation sites excluding steroid dienone is 2. The van der Waals surface area contributed by atoms with Gasteiger partial charge < -0.3 is 0 Å². The van der Waals surface area contributed by atoms with Crippen molar-refractivity contribution in [2.75, 3.05) is 0 Å². The fourth-order valence-corrected chi connectivity index (χ4v) is 5.47. The fraction of sp³-hybridized carbons (Fsp3) is 0.0625. The van der Waals surface area contributed by atoms with Gasteiger partial charge in [0.05, 0.1) is 10.6 Å². The van der Waals surface area contributed by atoms with Gasteiger partial charge in [0.1, 0.15) is 5.92 Å². The van der Waals surface area contributed by atoms with Crippen LogP contribution in [0.3, 0.4) is 0 Å². The average molecular weight is 534 g/mol. The molecule has 0 saturated carbocycles. The van der Waals surface area contributed by atoms with Gasteiger partial charge in [-0.1, -0.05) is 103 Å². The molecule has 1 aliphatic carbocycles. The van der Waals surface area contributed by atoms with E-state index in [9.17, 15) is 22.8 Å². The number of sulfonamides is 1. The Balaban J connectivity index is 1.71. The number of carbonyl (C=O) groups excluding carboxylic acids is 3. The Bertz CT molecular complexity index is 1700. The van der Waals surface area contributed by atoms with E-state index in [0.29, 0.717) is 5.56 Å². The van der Waals surface area contributed by atoms with Crippen molar-refractivity contribution in [2.24, 2.45) is 10.3 Å². The van der Waals surface area contributed by atoms with Crippen molar-refractivity contribution in [1.29, 1.82) is 0 Å². The van der Waals surface area contributed by atoms with Crippen LogP contribution in [0.4, 0.5) is 0 Å². The highest BCUT2D eigenvalue weighted by Crippen LogP contribution is 2.31. The first-order valence-corrected chi connectivity index (χ1v) is 13.7. The van der Waals surface area contributed by atoms with Gasteiger partial charge in [-0.3, -0.25) is 14.4 Å². The van der Waals surface area contributed by atoms with Gasteiger partial charge in [0, 0.05) is 27.8 Å². The molecule has 1 aliphatic rings. The molecule has 0 aliphatic heterocycles. The number of rotatable bonds is 7. The second-order valence-corrected chi connectivity index (χ2v) is 10.7. The summed E-state index contributed by atoms with van der Waals surface area (Å²) in [5, 5.41) is 0. The number of fused-ring (bicyclic) bond motifs is 1. The zero-order valence-electron chi connectivity index (χ0n) is 20.9. The molecule has 7 heteroatoms. The maximum Gasteiger partial charge on any atom is 0.282 e. The number of carbonyl (C=O) groups is 3. The van der Waals surface area contributed by atoms with Crippen molar-refractivity contribution in [2.45, 2.75) is 11.8 Å². The number of ketones is 3. The van der Waals surface area contributed by atoms with E-state index in [2.05, 4.69) is 4.40 Å². The predicted molar refractivity (Wildman–Crippen MR) is 149 cm³/mol. The molecule has 0 N–H and O–H groups in total. The quantitative estimate of drug-likeness (QED) is 0.225. The molecule has 0 fully saturated rings. The Labute approximate surface area is 226 Å². The van der Waals surface area contributed by atoms with Gasteiger partial charge in [-0.25, -0.2) is 0 Å². The third-order valence-corrected chi connectivity index (χ3v) is 7.80. The fourth-order valence-electron chi connectivity index (χ4n) is 4.47. The molecule has 4 aromatic rings. The molecule has 0 bridgehead atoms.